The molecule has 3 N–H and O–H groups in total. The predicted molar refractivity (Wildman–Crippen MR) is 45.7 cm³/mol. The zero-order valence-electron chi connectivity index (χ0n) is 6.51. The molecule has 12 heavy (non-hydrogen) atoms. The molecule has 0 saturated carbocycles. The summed E-state index contributed by atoms with van der Waals surface area (Å²) in [5, 5.41) is 8.84. The molecule has 1 rings (SSSR count). The van der Waals surface area contributed by atoms with Gasteiger partial charge in [0.25, 0.3) is 0 Å². The molecular weight excluding hydrogens is 181 g/mol. The highest BCUT2D eigenvalue weighted by Crippen LogP contribution is 2.29. The van der Waals surface area contributed by atoms with Crippen molar-refractivity contribution < 1.29 is 9.50 Å². The summed E-state index contributed by atoms with van der Waals surface area (Å²) in [5.41, 5.74) is 6.00. The van der Waals surface area contributed by atoms with Crippen molar-refractivity contribution in [2.75, 3.05) is 0 Å². The fraction of sp³-hybridized carbons (Fsp3) is 0.250. The molecule has 0 aromatic heterocycles. The van der Waals surface area contributed by atoms with Gasteiger partial charge in [0.2, 0.25) is 0 Å². The Kier molecular flexibility index (Phi) is 2.55. The first-order valence-electron chi connectivity index (χ1n) is 3.46. The van der Waals surface area contributed by atoms with Crippen LogP contribution in [0.15, 0.2) is 12.1 Å². The standard InChI is InChI=1S/C8H9ClFNO/c1-4(11)5-2-6(10)8(9)7(12)3-5/h2-4,12H,11H2,1H3. The van der Waals surface area contributed by atoms with Crippen molar-refractivity contribution in [3.63, 3.8) is 0 Å². The summed E-state index contributed by atoms with van der Waals surface area (Å²) in [6.45, 7) is 1.70. The topological polar surface area (TPSA) is 46.2 Å². The van der Waals surface area contributed by atoms with Crippen LogP contribution in [0.25, 0.3) is 0 Å². The lowest BCUT2D eigenvalue weighted by atomic mass is 10.1. The maximum absolute atomic E-state index is 12.9. The summed E-state index contributed by atoms with van der Waals surface area (Å²) in [4.78, 5) is 0. The summed E-state index contributed by atoms with van der Waals surface area (Å²) in [6, 6.07) is 2.26. The average Bonchev–Trinajstić information content (AvgIpc) is 1.99. The van der Waals surface area contributed by atoms with Gasteiger partial charge in [-0.15, -0.1) is 0 Å². The first-order valence-corrected chi connectivity index (χ1v) is 3.83. The van der Waals surface area contributed by atoms with E-state index in [1.165, 1.54) is 12.1 Å². The second kappa shape index (κ2) is 3.29. The Morgan fingerprint density at radius 3 is 2.58 bits per heavy atom. The molecule has 0 saturated heterocycles. The highest BCUT2D eigenvalue weighted by atomic mass is 35.5. The third kappa shape index (κ3) is 1.68. The van der Waals surface area contributed by atoms with Crippen molar-refractivity contribution in [2.45, 2.75) is 13.0 Å². The Morgan fingerprint density at radius 1 is 1.58 bits per heavy atom. The van der Waals surface area contributed by atoms with Gasteiger partial charge in [0.05, 0.1) is 0 Å². The molecule has 0 aliphatic carbocycles. The minimum absolute atomic E-state index is 0.264. The van der Waals surface area contributed by atoms with E-state index in [2.05, 4.69) is 0 Å². The summed E-state index contributed by atoms with van der Waals surface area (Å²) < 4.78 is 12.9. The van der Waals surface area contributed by atoms with Crippen LogP contribution < -0.4 is 5.73 Å². The molecule has 1 aromatic rings. The quantitative estimate of drug-likeness (QED) is 0.712. The number of halogens is 2. The van der Waals surface area contributed by atoms with Crippen LogP contribution in [0.3, 0.4) is 0 Å². The number of hydrogen-bond acceptors (Lipinski definition) is 2. The number of nitrogens with two attached hydrogens (primary N) is 1. The molecule has 2 nitrogen and oxygen atoms in total. The summed E-state index contributed by atoms with van der Waals surface area (Å²) >= 11 is 5.39. The third-order valence-corrected chi connectivity index (χ3v) is 1.93. The van der Waals surface area contributed by atoms with E-state index in [1.807, 2.05) is 0 Å². The number of rotatable bonds is 1. The number of aromatic hydroxyl groups is 1. The molecule has 66 valence electrons. The zero-order chi connectivity index (χ0) is 9.30. The Labute approximate surface area is 74.8 Å². The monoisotopic (exact) mass is 189 g/mol. The van der Waals surface area contributed by atoms with Gasteiger partial charge in [0.1, 0.15) is 16.6 Å². The molecular formula is C8H9ClFNO. The Hall–Kier alpha value is -0.800. The van der Waals surface area contributed by atoms with Crippen LogP contribution in [0.2, 0.25) is 5.02 Å². The lowest BCUT2D eigenvalue weighted by molar-refractivity contribution is 0.467. The Bertz CT molecular complexity index is 278. The van der Waals surface area contributed by atoms with E-state index >= 15 is 0 Å². The van der Waals surface area contributed by atoms with E-state index in [1.54, 1.807) is 6.92 Å². The number of benzene rings is 1. The second-order valence-corrected chi connectivity index (χ2v) is 3.00. The number of hydrogen-bond donors (Lipinski definition) is 2. The molecule has 0 aliphatic heterocycles. The first-order chi connectivity index (χ1) is 5.52. The Balaban J connectivity index is 3.21. The third-order valence-electron chi connectivity index (χ3n) is 1.56. The fourth-order valence-corrected chi connectivity index (χ4v) is 0.967. The maximum Gasteiger partial charge on any atom is 0.145 e. The largest absolute Gasteiger partial charge is 0.506 e. The molecule has 0 bridgehead atoms. The number of phenolic OH excluding ortho intramolecular Hbond substituents is 1. The molecule has 1 unspecified atom stereocenters. The fourth-order valence-electron chi connectivity index (χ4n) is 0.858. The SMILES string of the molecule is CC(N)c1cc(O)c(Cl)c(F)c1. The van der Waals surface area contributed by atoms with Crippen LogP contribution in [0.4, 0.5) is 4.39 Å². The van der Waals surface area contributed by atoms with E-state index < -0.39 is 5.82 Å². The highest BCUT2D eigenvalue weighted by Gasteiger charge is 2.09. The van der Waals surface area contributed by atoms with E-state index in [0.717, 1.165) is 0 Å². The van der Waals surface area contributed by atoms with Crippen LogP contribution in [-0.4, -0.2) is 5.11 Å². The predicted octanol–water partition coefficient (Wildman–Crippen LogP) is 2.20. The smallest absolute Gasteiger partial charge is 0.145 e. The maximum atomic E-state index is 12.9. The van der Waals surface area contributed by atoms with Gasteiger partial charge < -0.3 is 10.8 Å². The van der Waals surface area contributed by atoms with E-state index in [4.69, 9.17) is 22.4 Å². The summed E-state index contributed by atoms with van der Waals surface area (Å²) in [5.74, 6) is -0.923. The highest BCUT2D eigenvalue weighted by molar-refractivity contribution is 6.32. The van der Waals surface area contributed by atoms with Crippen LogP contribution in [0.5, 0.6) is 5.75 Å². The van der Waals surface area contributed by atoms with E-state index in [9.17, 15) is 4.39 Å². The molecule has 0 aliphatic rings. The molecule has 0 heterocycles. The van der Waals surface area contributed by atoms with Crippen LogP contribution in [0, 0.1) is 5.82 Å². The van der Waals surface area contributed by atoms with E-state index in [0.29, 0.717) is 5.56 Å². The van der Waals surface area contributed by atoms with Gasteiger partial charge in [0, 0.05) is 6.04 Å². The van der Waals surface area contributed by atoms with Crippen LogP contribution in [-0.2, 0) is 0 Å². The van der Waals surface area contributed by atoms with Crippen molar-refractivity contribution in [2.24, 2.45) is 5.73 Å². The van der Waals surface area contributed by atoms with Gasteiger partial charge in [-0.25, -0.2) is 4.39 Å². The zero-order valence-corrected chi connectivity index (χ0v) is 7.27. The van der Waals surface area contributed by atoms with Gasteiger partial charge in [0.15, 0.2) is 0 Å². The molecule has 0 radical (unpaired) electrons. The van der Waals surface area contributed by atoms with Gasteiger partial charge in [-0.05, 0) is 24.6 Å². The van der Waals surface area contributed by atoms with Crippen molar-refractivity contribution in [1.82, 2.24) is 0 Å². The molecule has 0 fully saturated rings. The molecule has 0 amide bonds. The molecule has 4 heteroatoms. The van der Waals surface area contributed by atoms with Crippen LogP contribution in [0.1, 0.15) is 18.5 Å². The normalized spacial score (nSPS) is 13.0. The lowest BCUT2D eigenvalue weighted by Crippen LogP contribution is -2.05. The van der Waals surface area contributed by atoms with Crippen molar-refractivity contribution in [1.29, 1.82) is 0 Å². The van der Waals surface area contributed by atoms with Gasteiger partial charge in [-0.1, -0.05) is 11.6 Å². The first kappa shape index (κ1) is 9.29. The Morgan fingerprint density at radius 2 is 2.17 bits per heavy atom. The van der Waals surface area contributed by atoms with E-state index in [-0.39, 0.29) is 16.8 Å². The van der Waals surface area contributed by atoms with Crippen LogP contribution >= 0.6 is 11.6 Å². The summed E-state index contributed by atoms with van der Waals surface area (Å²) in [7, 11) is 0. The minimum Gasteiger partial charge on any atom is -0.506 e. The molecule has 1 aromatic carbocycles. The van der Waals surface area contributed by atoms with Gasteiger partial charge in [-0.2, -0.15) is 0 Å². The molecule has 0 spiro atoms. The van der Waals surface area contributed by atoms with Crippen molar-refractivity contribution in [3.05, 3.63) is 28.5 Å². The second-order valence-electron chi connectivity index (χ2n) is 2.62. The minimum atomic E-state index is -0.649. The lowest BCUT2D eigenvalue weighted by Gasteiger charge is -2.07. The van der Waals surface area contributed by atoms with Crippen molar-refractivity contribution in [3.8, 4) is 5.75 Å². The summed E-state index contributed by atoms with van der Waals surface area (Å²) in [6.07, 6.45) is 0. The number of phenols is 1. The van der Waals surface area contributed by atoms with Gasteiger partial charge >= 0.3 is 0 Å². The van der Waals surface area contributed by atoms with Crippen molar-refractivity contribution >= 4 is 11.6 Å². The average molecular weight is 190 g/mol. The van der Waals surface area contributed by atoms with Gasteiger partial charge in [-0.3, -0.25) is 0 Å². The molecule has 1 atom stereocenters.